The van der Waals surface area contributed by atoms with Gasteiger partial charge in [-0.05, 0) is 37.3 Å². The number of ether oxygens (including phenoxy) is 1. The van der Waals surface area contributed by atoms with Gasteiger partial charge in [-0.25, -0.2) is 0 Å². The molecule has 0 unspecified atom stereocenters. The molecule has 2 N–H and O–H groups in total. The van der Waals surface area contributed by atoms with Gasteiger partial charge in [0.15, 0.2) is 5.54 Å². The van der Waals surface area contributed by atoms with Crippen LogP contribution in [0.15, 0.2) is 48.1 Å². The van der Waals surface area contributed by atoms with E-state index in [1.54, 1.807) is 24.3 Å². The molecule has 0 spiro atoms. The van der Waals surface area contributed by atoms with Gasteiger partial charge in [0.2, 0.25) is 0 Å². The van der Waals surface area contributed by atoms with Gasteiger partial charge in [-0.3, -0.25) is 4.79 Å². The van der Waals surface area contributed by atoms with Gasteiger partial charge in [0, 0.05) is 24.5 Å². The third-order valence-corrected chi connectivity index (χ3v) is 6.25. The van der Waals surface area contributed by atoms with Crippen LogP contribution < -0.4 is 4.72 Å². The van der Waals surface area contributed by atoms with Crippen molar-refractivity contribution in [2.24, 2.45) is 11.0 Å². The average molecular weight is 438 g/mol. The predicted molar refractivity (Wildman–Crippen MR) is 111 cm³/mol. The smallest absolute Gasteiger partial charge is 0.320 e. The van der Waals surface area contributed by atoms with Crippen LogP contribution in [0, 0.1) is 5.92 Å². The first-order valence-corrected chi connectivity index (χ1v) is 10.8. The van der Waals surface area contributed by atoms with Crippen LogP contribution >= 0.6 is 0 Å². The summed E-state index contributed by atoms with van der Waals surface area (Å²) in [5.74, 6) is -1.44. The van der Waals surface area contributed by atoms with Gasteiger partial charge in [0.25, 0.3) is 10.2 Å². The number of hydrogen-bond donors (Lipinski definition) is 2. The summed E-state index contributed by atoms with van der Waals surface area (Å²) in [7, 11) is -4.04. The topological polar surface area (TPSA) is 145 Å². The van der Waals surface area contributed by atoms with E-state index in [1.807, 2.05) is 6.07 Å². The number of allylic oxidation sites excluding steroid dienone is 1. The zero-order valence-electron chi connectivity index (χ0n) is 17.1. The Balaban J connectivity index is 2.27. The molecule has 1 saturated heterocycles. The monoisotopic (exact) mass is 437 g/mol. The van der Waals surface area contributed by atoms with Crippen molar-refractivity contribution in [3.05, 3.63) is 59.0 Å². The molecule has 0 amide bonds. The quantitative estimate of drug-likeness (QED) is 0.189. The molecule has 164 valence electrons. The van der Waals surface area contributed by atoms with E-state index in [0.29, 0.717) is 0 Å². The van der Waals surface area contributed by atoms with E-state index in [-0.39, 0.29) is 32.7 Å². The summed E-state index contributed by atoms with van der Waals surface area (Å²) in [5, 5.41) is 13.5. The summed E-state index contributed by atoms with van der Waals surface area (Å²) in [5.41, 5.74) is 6.88. The molecule has 1 heterocycles. The van der Waals surface area contributed by atoms with Crippen LogP contribution in [0.25, 0.3) is 10.4 Å². The Morgan fingerprint density at radius 2 is 2.17 bits per heavy atom. The SMILES string of the molecule is C=CC[C@H]1CN(S(=O)(=O)NCC(C)(C)O)C[C@@]1(N=[N+]=[N-])C(=O)OCc1ccccc1. The predicted octanol–water partition coefficient (Wildman–Crippen LogP) is 1.89. The van der Waals surface area contributed by atoms with Crippen LogP contribution in [0.4, 0.5) is 0 Å². The molecule has 0 aliphatic carbocycles. The van der Waals surface area contributed by atoms with Crippen LogP contribution in [-0.2, 0) is 26.3 Å². The normalized spacial score (nSPS) is 22.3. The number of carbonyl (C=O) groups is 1. The summed E-state index contributed by atoms with van der Waals surface area (Å²) in [6.45, 7) is 5.90. The first-order valence-electron chi connectivity index (χ1n) is 9.39. The fraction of sp³-hybridized carbons (Fsp3) is 0.526. The number of hydrogen-bond acceptors (Lipinski definition) is 6. The summed E-state index contributed by atoms with van der Waals surface area (Å²) in [6.07, 6.45) is 1.79. The van der Waals surface area contributed by atoms with Crippen molar-refractivity contribution in [1.29, 1.82) is 0 Å². The Bertz CT molecular complexity index is 909. The lowest BCUT2D eigenvalue weighted by atomic mass is 9.85. The molecule has 10 nitrogen and oxygen atoms in total. The number of aliphatic hydroxyl groups is 1. The maximum atomic E-state index is 13.0. The molecule has 1 fully saturated rings. The summed E-state index contributed by atoms with van der Waals surface area (Å²) in [6, 6.07) is 8.98. The van der Waals surface area contributed by atoms with E-state index in [4.69, 9.17) is 10.3 Å². The Morgan fingerprint density at radius 3 is 2.73 bits per heavy atom. The molecule has 1 aliphatic heterocycles. The van der Waals surface area contributed by atoms with E-state index >= 15 is 0 Å². The van der Waals surface area contributed by atoms with Crippen LogP contribution in [0.2, 0.25) is 0 Å². The average Bonchev–Trinajstić information content (AvgIpc) is 3.06. The van der Waals surface area contributed by atoms with Gasteiger partial charge in [0.05, 0.1) is 5.60 Å². The van der Waals surface area contributed by atoms with Crippen LogP contribution in [0.3, 0.4) is 0 Å². The van der Waals surface area contributed by atoms with Gasteiger partial charge in [-0.2, -0.15) is 17.4 Å². The van der Waals surface area contributed by atoms with Crippen LogP contribution in [-0.4, -0.2) is 54.6 Å². The van der Waals surface area contributed by atoms with Crippen molar-refractivity contribution in [2.45, 2.75) is 38.0 Å². The zero-order chi connectivity index (χ0) is 22.4. The minimum Gasteiger partial charge on any atom is -0.460 e. The second-order valence-electron chi connectivity index (χ2n) is 7.83. The second kappa shape index (κ2) is 9.59. The first kappa shape index (κ1) is 23.8. The Labute approximate surface area is 176 Å². The molecule has 11 heteroatoms. The Morgan fingerprint density at radius 1 is 1.50 bits per heavy atom. The fourth-order valence-corrected chi connectivity index (χ4v) is 4.65. The van der Waals surface area contributed by atoms with Crippen molar-refractivity contribution in [1.82, 2.24) is 9.03 Å². The maximum Gasteiger partial charge on any atom is 0.320 e. The van der Waals surface area contributed by atoms with E-state index in [9.17, 15) is 18.3 Å². The van der Waals surface area contributed by atoms with E-state index < -0.39 is 33.2 Å². The third kappa shape index (κ3) is 5.80. The van der Waals surface area contributed by atoms with Gasteiger partial charge in [-0.15, -0.1) is 6.58 Å². The van der Waals surface area contributed by atoms with Crippen LogP contribution in [0.1, 0.15) is 25.8 Å². The van der Waals surface area contributed by atoms with Gasteiger partial charge < -0.3 is 9.84 Å². The molecule has 2 rings (SSSR count). The number of carbonyl (C=O) groups excluding carboxylic acids is 1. The van der Waals surface area contributed by atoms with Crippen molar-refractivity contribution < 1.29 is 23.1 Å². The summed E-state index contributed by atoms with van der Waals surface area (Å²) < 4.78 is 34.2. The fourth-order valence-electron chi connectivity index (χ4n) is 3.19. The van der Waals surface area contributed by atoms with Gasteiger partial charge in [-0.1, -0.05) is 41.5 Å². The Kier molecular flexibility index (Phi) is 7.62. The molecule has 0 bridgehead atoms. The lowest BCUT2D eigenvalue weighted by Crippen LogP contribution is -2.48. The summed E-state index contributed by atoms with van der Waals surface area (Å²) in [4.78, 5) is 15.8. The number of azide groups is 1. The standard InChI is InChI=1S/C19H27N5O5S/c1-4-8-16-11-24(30(27,28)21-13-18(2,3)26)14-19(16,22-23-20)17(25)29-12-15-9-6-5-7-10-15/h4-7,9-10,16,21,26H,1,8,11-14H2,2-3H3/t16-,19-/m0/s1. The molecule has 1 aromatic rings. The lowest BCUT2D eigenvalue weighted by Gasteiger charge is -2.27. The number of benzene rings is 1. The molecular formula is C19H27N5O5S. The lowest BCUT2D eigenvalue weighted by molar-refractivity contribution is -0.152. The zero-order valence-corrected chi connectivity index (χ0v) is 17.9. The van der Waals surface area contributed by atoms with Gasteiger partial charge in [0.1, 0.15) is 6.61 Å². The summed E-state index contributed by atoms with van der Waals surface area (Å²) >= 11 is 0. The van der Waals surface area contributed by atoms with E-state index in [0.717, 1.165) is 9.87 Å². The number of nitrogens with one attached hydrogen (secondary N) is 1. The molecule has 0 aromatic heterocycles. The largest absolute Gasteiger partial charge is 0.460 e. The highest BCUT2D eigenvalue weighted by Gasteiger charge is 2.55. The minimum atomic E-state index is -4.04. The van der Waals surface area contributed by atoms with Crippen molar-refractivity contribution in [3.8, 4) is 0 Å². The number of rotatable bonds is 10. The number of nitrogens with zero attached hydrogens (tertiary/aromatic N) is 4. The molecule has 0 radical (unpaired) electrons. The highest BCUT2D eigenvalue weighted by Crippen LogP contribution is 2.37. The highest BCUT2D eigenvalue weighted by atomic mass is 32.2. The van der Waals surface area contributed by atoms with Crippen molar-refractivity contribution in [3.63, 3.8) is 0 Å². The van der Waals surface area contributed by atoms with Crippen LogP contribution in [0.5, 0.6) is 0 Å². The number of esters is 1. The first-order chi connectivity index (χ1) is 14.0. The molecule has 1 aliphatic rings. The van der Waals surface area contributed by atoms with Gasteiger partial charge >= 0.3 is 5.97 Å². The van der Waals surface area contributed by atoms with E-state index in [1.165, 1.54) is 19.9 Å². The highest BCUT2D eigenvalue weighted by molar-refractivity contribution is 7.87. The van der Waals surface area contributed by atoms with Crippen molar-refractivity contribution >= 4 is 16.2 Å². The minimum absolute atomic E-state index is 0.0348. The third-order valence-electron chi connectivity index (χ3n) is 4.78. The molecule has 1 aromatic carbocycles. The molecule has 30 heavy (non-hydrogen) atoms. The molecule has 0 saturated carbocycles. The second-order valence-corrected chi connectivity index (χ2v) is 9.58. The Hall–Kier alpha value is -2.43. The molecular weight excluding hydrogens is 410 g/mol. The maximum absolute atomic E-state index is 13.0. The van der Waals surface area contributed by atoms with E-state index in [2.05, 4.69) is 21.3 Å². The molecule has 2 atom stereocenters. The van der Waals surface area contributed by atoms with Crippen molar-refractivity contribution in [2.75, 3.05) is 19.6 Å².